The quantitative estimate of drug-likeness (QED) is 0.769. The number of fused-ring (bicyclic) bond motifs is 1. The number of nitrogens with one attached hydrogen (secondary N) is 2. The Balaban J connectivity index is 0.00000162. The highest BCUT2D eigenvalue weighted by molar-refractivity contribution is 8.00. The summed E-state index contributed by atoms with van der Waals surface area (Å²) in [5.41, 5.74) is 6.54. The summed E-state index contributed by atoms with van der Waals surface area (Å²) in [5, 5.41) is 5.43. The minimum absolute atomic E-state index is 0. The molecule has 0 bridgehead atoms. The fraction of sp³-hybridized carbons (Fsp3) is 0.273. The van der Waals surface area contributed by atoms with E-state index in [9.17, 15) is 9.59 Å². The second-order valence-corrected chi connectivity index (χ2v) is 4.61. The highest BCUT2D eigenvalue weighted by atomic mass is 35.5. The van der Waals surface area contributed by atoms with Gasteiger partial charge >= 0.3 is 0 Å². The lowest BCUT2D eigenvalue weighted by molar-refractivity contribution is -0.113. The molecule has 1 aromatic rings. The largest absolute Gasteiger partial charge is 0.351 e. The van der Waals surface area contributed by atoms with E-state index in [2.05, 4.69) is 10.6 Å². The third kappa shape index (κ3) is 3.38. The first-order valence-corrected chi connectivity index (χ1v) is 6.24. The molecule has 98 valence electrons. The molecular formula is C11H14ClN3O2S. The molecule has 5 nitrogen and oxygen atoms in total. The second kappa shape index (κ2) is 6.63. The standard InChI is InChI=1S/C11H13N3O2S.ClH/c12-3-4-13-11(16)7-1-2-9-8(5-7)14-10(15)6-17-9;/h1-2,5H,3-4,6,12H2,(H,13,16)(H,14,15);1H. The number of thioether (sulfide) groups is 1. The average molecular weight is 288 g/mol. The summed E-state index contributed by atoms with van der Waals surface area (Å²) in [5.74, 6) is 0.205. The Morgan fingerprint density at radius 3 is 3.00 bits per heavy atom. The topological polar surface area (TPSA) is 84.2 Å². The summed E-state index contributed by atoms with van der Waals surface area (Å²) in [6, 6.07) is 5.28. The summed E-state index contributed by atoms with van der Waals surface area (Å²) in [4.78, 5) is 23.9. The predicted octanol–water partition coefficient (Wildman–Crippen LogP) is 0.841. The molecule has 0 atom stereocenters. The normalized spacial score (nSPS) is 13.1. The van der Waals surface area contributed by atoms with Crippen LogP contribution in [0.1, 0.15) is 10.4 Å². The van der Waals surface area contributed by atoms with Crippen molar-refractivity contribution in [2.45, 2.75) is 4.90 Å². The van der Waals surface area contributed by atoms with Crippen LogP contribution in [0.4, 0.5) is 5.69 Å². The highest BCUT2D eigenvalue weighted by Gasteiger charge is 2.16. The first-order chi connectivity index (χ1) is 8.20. The van der Waals surface area contributed by atoms with E-state index in [-0.39, 0.29) is 24.2 Å². The molecule has 4 N–H and O–H groups in total. The maximum atomic E-state index is 11.7. The monoisotopic (exact) mass is 287 g/mol. The van der Waals surface area contributed by atoms with Gasteiger partial charge in [0, 0.05) is 23.5 Å². The third-order valence-electron chi connectivity index (χ3n) is 2.30. The van der Waals surface area contributed by atoms with E-state index >= 15 is 0 Å². The van der Waals surface area contributed by atoms with Gasteiger partial charge in [0.05, 0.1) is 11.4 Å². The molecule has 1 heterocycles. The van der Waals surface area contributed by atoms with Gasteiger partial charge < -0.3 is 16.4 Å². The summed E-state index contributed by atoms with van der Waals surface area (Å²) in [6.07, 6.45) is 0. The van der Waals surface area contributed by atoms with Crippen LogP contribution >= 0.6 is 24.2 Å². The number of hydrogen-bond donors (Lipinski definition) is 3. The lowest BCUT2D eigenvalue weighted by atomic mass is 10.2. The van der Waals surface area contributed by atoms with Crippen LogP contribution in [0.5, 0.6) is 0 Å². The van der Waals surface area contributed by atoms with Crippen LogP contribution in [-0.4, -0.2) is 30.7 Å². The summed E-state index contributed by atoms with van der Waals surface area (Å²) >= 11 is 1.47. The van der Waals surface area contributed by atoms with Crippen molar-refractivity contribution in [3.63, 3.8) is 0 Å². The summed E-state index contributed by atoms with van der Waals surface area (Å²) in [6.45, 7) is 0.848. The lowest BCUT2D eigenvalue weighted by Gasteiger charge is -2.16. The fourth-order valence-corrected chi connectivity index (χ4v) is 2.30. The van der Waals surface area contributed by atoms with Gasteiger partial charge in [-0.05, 0) is 18.2 Å². The van der Waals surface area contributed by atoms with Crippen molar-refractivity contribution < 1.29 is 9.59 Å². The van der Waals surface area contributed by atoms with Crippen molar-refractivity contribution in [3.8, 4) is 0 Å². The van der Waals surface area contributed by atoms with Crippen LogP contribution in [0.15, 0.2) is 23.1 Å². The van der Waals surface area contributed by atoms with Gasteiger partial charge in [-0.1, -0.05) is 0 Å². The number of rotatable bonds is 3. The molecule has 1 aromatic carbocycles. The Labute approximate surface area is 115 Å². The van der Waals surface area contributed by atoms with Crippen molar-refractivity contribution in [3.05, 3.63) is 23.8 Å². The van der Waals surface area contributed by atoms with Gasteiger partial charge in [0.1, 0.15) is 0 Å². The number of carbonyl (C=O) groups excluding carboxylic acids is 2. The highest BCUT2D eigenvalue weighted by Crippen LogP contribution is 2.31. The molecule has 0 unspecified atom stereocenters. The molecule has 0 saturated carbocycles. The maximum Gasteiger partial charge on any atom is 0.251 e. The number of nitrogens with two attached hydrogens (primary N) is 1. The molecule has 1 aliphatic heterocycles. The molecule has 18 heavy (non-hydrogen) atoms. The zero-order valence-corrected chi connectivity index (χ0v) is 11.2. The smallest absolute Gasteiger partial charge is 0.251 e. The van der Waals surface area contributed by atoms with Crippen LogP contribution in [0.25, 0.3) is 0 Å². The Hall–Kier alpha value is -1.24. The molecule has 0 fully saturated rings. The van der Waals surface area contributed by atoms with Gasteiger partial charge in [0.15, 0.2) is 0 Å². The number of anilines is 1. The van der Waals surface area contributed by atoms with Crippen molar-refractivity contribution in [1.82, 2.24) is 5.32 Å². The molecular weight excluding hydrogens is 274 g/mol. The van der Waals surface area contributed by atoms with Crippen molar-refractivity contribution in [1.29, 1.82) is 0 Å². The van der Waals surface area contributed by atoms with E-state index in [1.807, 2.05) is 6.07 Å². The van der Waals surface area contributed by atoms with Gasteiger partial charge in [-0.3, -0.25) is 9.59 Å². The molecule has 0 saturated heterocycles. The summed E-state index contributed by atoms with van der Waals surface area (Å²) < 4.78 is 0. The van der Waals surface area contributed by atoms with Crippen molar-refractivity contribution in [2.75, 3.05) is 24.2 Å². The Morgan fingerprint density at radius 1 is 1.50 bits per heavy atom. The number of benzene rings is 1. The first-order valence-electron chi connectivity index (χ1n) is 5.25. The maximum absolute atomic E-state index is 11.7. The Kier molecular flexibility index (Phi) is 5.46. The molecule has 2 rings (SSSR count). The minimum atomic E-state index is -0.178. The molecule has 0 spiro atoms. The van der Waals surface area contributed by atoms with E-state index in [0.29, 0.717) is 30.1 Å². The van der Waals surface area contributed by atoms with E-state index in [0.717, 1.165) is 4.90 Å². The molecule has 7 heteroatoms. The van der Waals surface area contributed by atoms with Crippen LogP contribution in [0.3, 0.4) is 0 Å². The predicted molar refractivity (Wildman–Crippen MR) is 74.4 cm³/mol. The van der Waals surface area contributed by atoms with E-state index in [1.54, 1.807) is 12.1 Å². The fourth-order valence-electron chi connectivity index (χ4n) is 1.51. The van der Waals surface area contributed by atoms with Crippen LogP contribution in [-0.2, 0) is 4.79 Å². The first kappa shape index (κ1) is 14.8. The van der Waals surface area contributed by atoms with Gasteiger partial charge in [-0.15, -0.1) is 24.2 Å². The molecule has 1 aliphatic rings. The van der Waals surface area contributed by atoms with Gasteiger partial charge in [0.25, 0.3) is 5.91 Å². The van der Waals surface area contributed by atoms with Crippen LogP contribution < -0.4 is 16.4 Å². The SMILES string of the molecule is Cl.NCCNC(=O)c1ccc2c(c1)NC(=O)CS2. The Bertz CT molecular complexity index is 468. The molecule has 0 aliphatic carbocycles. The van der Waals surface area contributed by atoms with Gasteiger partial charge in [0.2, 0.25) is 5.91 Å². The van der Waals surface area contributed by atoms with Crippen molar-refractivity contribution in [2.24, 2.45) is 5.73 Å². The zero-order chi connectivity index (χ0) is 12.3. The third-order valence-corrected chi connectivity index (χ3v) is 3.38. The summed E-state index contributed by atoms with van der Waals surface area (Å²) in [7, 11) is 0. The zero-order valence-electron chi connectivity index (χ0n) is 9.56. The number of amides is 2. The Morgan fingerprint density at radius 2 is 2.28 bits per heavy atom. The van der Waals surface area contributed by atoms with E-state index in [1.165, 1.54) is 11.8 Å². The second-order valence-electron chi connectivity index (χ2n) is 3.59. The minimum Gasteiger partial charge on any atom is -0.351 e. The van der Waals surface area contributed by atoms with Gasteiger partial charge in [-0.2, -0.15) is 0 Å². The molecule has 0 radical (unpaired) electrons. The van der Waals surface area contributed by atoms with Gasteiger partial charge in [-0.25, -0.2) is 0 Å². The lowest BCUT2D eigenvalue weighted by Crippen LogP contribution is -2.29. The van der Waals surface area contributed by atoms with Crippen LogP contribution in [0, 0.1) is 0 Å². The average Bonchev–Trinajstić information content (AvgIpc) is 2.35. The number of hydrogen-bond acceptors (Lipinski definition) is 4. The number of carbonyl (C=O) groups is 2. The van der Waals surface area contributed by atoms with Crippen molar-refractivity contribution >= 4 is 41.7 Å². The van der Waals surface area contributed by atoms with E-state index in [4.69, 9.17) is 5.73 Å². The van der Waals surface area contributed by atoms with Crippen LogP contribution in [0.2, 0.25) is 0 Å². The van der Waals surface area contributed by atoms with E-state index < -0.39 is 0 Å². The molecule has 0 aromatic heterocycles. The number of halogens is 1. The molecule has 2 amide bonds.